The molecule has 5 heteroatoms. The van der Waals surface area contributed by atoms with Gasteiger partial charge in [-0.1, -0.05) is 6.07 Å². The Labute approximate surface area is 111 Å². The lowest BCUT2D eigenvalue weighted by Crippen LogP contribution is -2.64. The summed E-state index contributed by atoms with van der Waals surface area (Å²) >= 11 is 0. The highest BCUT2D eigenvalue weighted by atomic mass is 16.5. The molecule has 2 aromatic rings. The molecule has 3 rings (SSSR count). The number of aryl methyl sites for hydroxylation is 1. The molecular weight excluding hydrogens is 244 g/mol. The summed E-state index contributed by atoms with van der Waals surface area (Å²) in [5, 5.41) is 0. The minimum Gasteiger partial charge on any atom is -0.408 e. The second-order valence-electron chi connectivity index (χ2n) is 5.91. The van der Waals surface area contributed by atoms with Crippen LogP contribution in [0.5, 0.6) is 0 Å². The van der Waals surface area contributed by atoms with E-state index in [2.05, 4.69) is 0 Å². The van der Waals surface area contributed by atoms with Crippen molar-refractivity contribution in [1.29, 1.82) is 0 Å². The minimum absolute atomic E-state index is 0.213. The van der Waals surface area contributed by atoms with Crippen molar-refractivity contribution in [1.82, 2.24) is 4.57 Å². The molecule has 1 fully saturated rings. The van der Waals surface area contributed by atoms with Crippen molar-refractivity contribution in [3.8, 4) is 0 Å². The fourth-order valence-electron chi connectivity index (χ4n) is 2.65. The number of rotatable bonds is 2. The van der Waals surface area contributed by atoms with E-state index in [1.54, 1.807) is 7.05 Å². The molecular formula is C14H18N2O3. The van der Waals surface area contributed by atoms with Crippen molar-refractivity contribution >= 4 is 11.1 Å². The molecule has 0 unspecified atom stereocenters. The van der Waals surface area contributed by atoms with E-state index in [4.69, 9.17) is 14.9 Å². The zero-order chi connectivity index (χ0) is 13.8. The number of ether oxygens (including phenoxy) is 1. The topological polar surface area (TPSA) is 70.4 Å². The summed E-state index contributed by atoms with van der Waals surface area (Å²) in [6, 6.07) is 5.82. The van der Waals surface area contributed by atoms with Crippen LogP contribution < -0.4 is 11.5 Å². The van der Waals surface area contributed by atoms with E-state index in [1.807, 2.05) is 32.0 Å². The molecule has 0 spiro atoms. The molecule has 1 aliphatic heterocycles. The maximum absolute atomic E-state index is 11.5. The van der Waals surface area contributed by atoms with Crippen molar-refractivity contribution in [2.24, 2.45) is 12.8 Å². The van der Waals surface area contributed by atoms with Crippen LogP contribution in [0.25, 0.3) is 11.1 Å². The number of hydrogen-bond acceptors (Lipinski definition) is 4. The number of fused-ring (bicyclic) bond motifs is 1. The van der Waals surface area contributed by atoms with Gasteiger partial charge in [0, 0.05) is 12.6 Å². The lowest BCUT2D eigenvalue weighted by Gasteiger charge is -2.51. The zero-order valence-corrected chi connectivity index (χ0v) is 11.4. The molecule has 2 N–H and O–H groups in total. The average molecular weight is 262 g/mol. The van der Waals surface area contributed by atoms with Gasteiger partial charge in [0.2, 0.25) is 0 Å². The largest absolute Gasteiger partial charge is 0.419 e. The van der Waals surface area contributed by atoms with Gasteiger partial charge >= 0.3 is 5.76 Å². The standard InChI is InChI=1S/C14H18N2O3/c1-13(2,15)14(7-18-8-14)9-4-5-10-11(6-9)19-12(17)16(10)3/h4-6H,7-8,15H2,1-3H3. The first kappa shape index (κ1) is 12.4. The lowest BCUT2D eigenvalue weighted by molar-refractivity contribution is -0.0918. The predicted molar refractivity (Wildman–Crippen MR) is 72.2 cm³/mol. The molecule has 5 nitrogen and oxygen atoms in total. The second kappa shape index (κ2) is 3.71. The van der Waals surface area contributed by atoms with Crippen LogP contribution in [0.2, 0.25) is 0 Å². The number of nitrogens with two attached hydrogens (primary N) is 1. The van der Waals surface area contributed by atoms with Gasteiger partial charge in [0.15, 0.2) is 5.58 Å². The van der Waals surface area contributed by atoms with Gasteiger partial charge < -0.3 is 14.9 Å². The van der Waals surface area contributed by atoms with Gasteiger partial charge in [0.25, 0.3) is 0 Å². The Morgan fingerprint density at radius 3 is 2.58 bits per heavy atom. The van der Waals surface area contributed by atoms with Crippen molar-refractivity contribution in [2.45, 2.75) is 24.8 Å². The number of benzene rings is 1. The summed E-state index contributed by atoms with van der Waals surface area (Å²) in [7, 11) is 1.70. The summed E-state index contributed by atoms with van der Waals surface area (Å²) < 4.78 is 12.1. The van der Waals surface area contributed by atoms with Crippen LogP contribution in [0.3, 0.4) is 0 Å². The molecule has 1 aromatic carbocycles. The van der Waals surface area contributed by atoms with Crippen molar-refractivity contribution in [3.05, 3.63) is 34.3 Å². The molecule has 1 aromatic heterocycles. The summed E-state index contributed by atoms with van der Waals surface area (Å²) in [6.45, 7) is 5.19. The SMILES string of the molecule is Cn1c(=O)oc2cc(C3(C(C)(C)N)COC3)ccc21. The highest BCUT2D eigenvalue weighted by Gasteiger charge is 2.50. The average Bonchev–Trinajstić information content (AvgIpc) is 2.51. The van der Waals surface area contributed by atoms with E-state index in [1.165, 1.54) is 4.57 Å². The fraction of sp³-hybridized carbons (Fsp3) is 0.500. The highest BCUT2D eigenvalue weighted by molar-refractivity contribution is 5.74. The number of hydrogen-bond donors (Lipinski definition) is 1. The van der Waals surface area contributed by atoms with Crippen LogP contribution in [0, 0.1) is 0 Å². The smallest absolute Gasteiger partial charge is 0.408 e. The van der Waals surface area contributed by atoms with E-state index in [9.17, 15) is 4.79 Å². The second-order valence-corrected chi connectivity index (χ2v) is 5.91. The first-order chi connectivity index (χ1) is 8.85. The third kappa shape index (κ3) is 1.58. The number of aromatic nitrogens is 1. The third-order valence-electron chi connectivity index (χ3n) is 4.28. The van der Waals surface area contributed by atoms with Crippen LogP contribution in [-0.2, 0) is 17.2 Å². The Kier molecular flexibility index (Phi) is 2.43. The summed E-state index contributed by atoms with van der Waals surface area (Å²) in [5.74, 6) is -0.349. The van der Waals surface area contributed by atoms with Crippen molar-refractivity contribution < 1.29 is 9.15 Å². The molecule has 0 radical (unpaired) electrons. The van der Waals surface area contributed by atoms with Crippen LogP contribution in [0.15, 0.2) is 27.4 Å². The summed E-state index contributed by atoms with van der Waals surface area (Å²) in [4.78, 5) is 11.5. The maximum Gasteiger partial charge on any atom is 0.419 e. The molecule has 0 aliphatic carbocycles. The van der Waals surface area contributed by atoms with Crippen LogP contribution >= 0.6 is 0 Å². The normalized spacial score (nSPS) is 18.5. The Hall–Kier alpha value is -1.59. The first-order valence-electron chi connectivity index (χ1n) is 6.32. The third-order valence-corrected chi connectivity index (χ3v) is 4.28. The molecule has 0 atom stereocenters. The Balaban J connectivity index is 2.18. The van der Waals surface area contributed by atoms with Crippen LogP contribution in [-0.4, -0.2) is 23.3 Å². The summed E-state index contributed by atoms with van der Waals surface area (Å²) in [6.07, 6.45) is 0. The Morgan fingerprint density at radius 2 is 2.05 bits per heavy atom. The monoisotopic (exact) mass is 262 g/mol. The van der Waals surface area contributed by atoms with Gasteiger partial charge in [0.1, 0.15) is 0 Å². The molecule has 19 heavy (non-hydrogen) atoms. The molecule has 0 bridgehead atoms. The Morgan fingerprint density at radius 1 is 1.37 bits per heavy atom. The zero-order valence-electron chi connectivity index (χ0n) is 11.4. The van der Waals surface area contributed by atoms with Gasteiger partial charge in [-0.2, -0.15) is 0 Å². The van der Waals surface area contributed by atoms with Crippen molar-refractivity contribution in [2.75, 3.05) is 13.2 Å². The first-order valence-corrected chi connectivity index (χ1v) is 6.32. The summed E-state index contributed by atoms with van der Waals surface area (Å²) in [5.41, 5.74) is 8.15. The van der Waals surface area contributed by atoms with E-state index in [-0.39, 0.29) is 11.2 Å². The van der Waals surface area contributed by atoms with Crippen LogP contribution in [0.4, 0.5) is 0 Å². The van der Waals surface area contributed by atoms with Gasteiger partial charge in [-0.05, 0) is 31.5 Å². The van der Waals surface area contributed by atoms with Crippen LogP contribution in [0.1, 0.15) is 19.4 Å². The van der Waals surface area contributed by atoms with Gasteiger partial charge in [0.05, 0.1) is 24.1 Å². The molecule has 2 heterocycles. The van der Waals surface area contributed by atoms with Gasteiger partial charge in [-0.3, -0.25) is 4.57 Å². The highest BCUT2D eigenvalue weighted by Crippen LogP contribution is 2.41. The molecule has 0 amide bonds. The number of nitrogens with zero attached hydrogens (tertiary/aromatic N) is 1. The van der Waals surface area contributed by atoms with E-state index in [0.29, 0.717) is 18.8 Å². The van der Waals surface area contributed by atoms with Gasteiger partial charge in [-0.15, -0.1) is 0 Å². The number of oxazole rings is 1. The maximum atomic E-state index is 11.5. The van der Waals surface area contributed by atoms with E-state index >= 15 is 0 Å². The molecule has 1 saturated heterocycles. The molecule has 1 aliphatic rings. The van der Waals surface area contributed by atoms with E-state index in [0.717, 1.165) is 11.1 Å². The van der Waals surface area contributed by atoms with Crippen molar-refractivity contribution in [3.63, 3.8) is 0 Å². The predicted octanol–water partition coefficient (Wildman–Crippen LogP) is 1.14. The lowest BCUT2D eigenvalue weighted by atomic mass is 9.66. The van der Waals surface area contributed by atoms with Gasteiger partial charge in [-0.25, -0.2) is 4.79 Å². The van der Waals surface area contributed by atoms with E-state index < -0.39 is 5.54 Å². The quantitative estimate of drug-likeness (QED) is 0.881. The Bertz CT molecular complexity index is 687. The fourth-order valence-corrected chi connectivity index (χ4v) is 2.65. The molecule has 0 saturated carbocycles. The minimum atomic E-state index is -0.395. The molecule has 102 valence electrons.